The lowest BCUT2D eigenvalue weighted by molar-refractivity contribution is -0.136. The molecular formula is C16H11Cl2F3N4O2. The molecule has 0 bridgehead atoms. The van der Waals surface area contributed by atoms with Crippen LogP contribution in [0.4, 0.5) is 19.1 Å². The summed E-state index contributed by atoms with van der Waals surface area (Å²) in [5.41, 5.74) is -1.89. The van der Waals surface area contributed by atoms with Gasteiger partial charge < -0.3 is 10.1 Å². The molecule has 3 N–H and O–H groups in total. The van der Waals surface area contributed by atoms with Crippen molar-refractivity contribution in [1.29, 1.82) is 0 Å². The number of pyridine rings is 1. The third kappa shape index (κ3) is 3.65. The molecule has 27 heavy (non-hydrogen) atoms. The fourth-order valence-corrected chi connectivity index (χ4v) is 2.86. The van der Waals surface area contributed by atoms with Crippen LogP contribution in [-0.2, 0) is 6.18 Å². The lowest BCUT2D eigenvalue weighted by atomic mass is 10.0. The molecule has 11 heteroatoms. The van der Waals surface area contributed by atoms with Crippen molar-refractivity contribution in [3.05, 3.63) is 46.9 Å². The number of halogens is 5. The van der Waals surface area contributed by atoms with Crippen molar-refractivity contribution in [2.45, 2.75) is 17.9 Å². The Morgan fingerprint density at radius 1 is 1.30 bits per heavy atom. The van der Waals surface area contributed by atoms with Crippen LogP contribution in [0.25, 0.3) is 10.9 Å². The average Bonchev–Trinajstić information content (AvgIpc) is 2.97. The van der Waals surface area contributed by atoms with Gasteiger partial charge in [-0.25, -0.2) is 9.97 Å². The van der Waals surface area contributed by atoms with Crippen LogP contribution in [0.3, 0.4) is 0 Å². The predicted molar refractivity (Wildman–Crippen MR) is 94.1 cm³/mol. The summed E-state index contributed by atoms with van der Waals surface area (Å²) in [6.07, 6.45) is -3.20. The summed E-state index contributed by atoms with van der Waals surface area (Å²) in [4.78, 5) is 21.6. The number of nitrogens with zero attached hydrogens (tertiary/aromatic N) is 2. The zero-order valence-corrected chi connectivity index (χ0v) is 15.0. The number of aromatic hydroxyl groups is 1. The molecule has 6 nitrogen and oxygen atoms in total. The van der Waals surface area contributed by atoms with Gasteiger partial charge in [0.15, 0.2) is 4.84 Å². The standard InChI is InChI=1S/C16H11Cl2F3N4O2/c1-6-5-22-15(23-6)25-14(27)9-11(13(17)18)24-10-7(12(9)26)3-2-4-8(10)16(19,20)21/h2-5,13H,1H3,(H,24,26)(H2,22,23,25,27). The van der Waals surface area contributed by atoms with Gasteiger partial charge in [-0.1, -0.05) is 29.3 Å². The molecule has 0 unspecified atom stereocenters. The van der Waals surface area contributed by atoms with Gasteiger partial charge in [0.1, 0.15) is 11.3 Å². The number of aryl methyl sites for hydroxylation is 1. The van der Waals surface area contributed by atoms with Crippen molar-refractivity contribution in [3.63, 3.8) is 0 Å². The second kappa shape index (κ2) is 6.90. The molecule has 0 saturated heterocycles. The number of imidazole rings is 1. The maximum atomic E-state index is 13.3. The number of amides is 1. The Balaban J connectivity index is 2.21. The number of carbonyl (C=O) groups is 1. The van der Waals surface area contributed by atoms with Crippen molar-refractivity contribution in [2.24, 2.45) is 0 Å². The minimum atomic E-state index is -4.72. The highest BCUT2D eigenvalue weighted by molar-refractivity contribution is 6.44. The third-order valence-corrected chi connectivity index (χ3v) is 4.11. The molecule has 2 aromatic heterocycles. The summed E-state index contributed by atoms with van der Waals surface area (Å²) in [7, 11) is 0. The molecule has 3 rings (SSSR count). The van der Waals surface area contributed by atoms with E-state index in [1.807, 2.05) is 0 Å². The van der Waals surface area contributed by atoms with Crippen molar-refractivity contribution in [3.8, 4) is 5.75 Å². The molecular weight excluding hydrogens is 408 g/mol. The molecule has 2 heterocycles. The lowest BCUT2D eigenvalue weighted by Crippen LogP contribution is -2.17. The number of fused-ring (bicyclic) bond motifs is 1. The van der Waals surface area contributed by atoms with E-state index in [-0.39, 0.29) is 11.3 Å². The van der Waals surface area contributed by atoms with E-state index in [9.17, 15) is 23.1 Å². The molecule has 0 atom stereocenters. The van der Waals surface area contributed by atoms with Crippen molar-refractivity contribution < 1.29 is 23.1 Å². The van der Waals surface area contributed by atoms with Crippen LogP contribution in [0.1, 0.15) is 32.1 Å². The highest BCUT2D eigenvalue weighted by atomic mass is 35.5. The number of carbonyl (C=O) groups excluding carboxylic acids is 1. The molecule has 3 aromatic rings. The summed E-state index contributed by atoms with van der Waals surface area (Å²) < 4.78 is 39.8. The fourth-order valence-electron chi connectivity index (χ4n) is 2.55. The van der Waals surface area contributed by atoms with Gasteiger partial charge >= 0.3 is 6.18 Å². The summed E-state index contributed by atoms with van der Waals surface area (Å²) >= 11 is 11.6. The molecule has 0 saturated carbocycles. The van der Waals surface area contributed by atoms with E-state index < -0.39 is 45.0 Å². The van der Waals surface area contributed by atoms with E-state index >= 15 is 0 Å². The summed E-state index contributed by atoms with van der Waals surface area (Å²) in [6.45, 7) is 1.68. The first-order valence-electron chi connectivity index (χ1n) is 7.44. The number of benzene rings is 1. The quantitative estimate of drug-likeness (QED) is 0.536. The lowest BCUT2D eigenvalue weighted by Gasteiger charge is -2.16. The molecule has 142 valence electrons. The van der Waals surface area contributed by atoms with Crippen LogP contribution in [0.15, 0.2) is 24.4 Å². The van der Waals surface area contributed by atoms with Crippen LogP contribution in [0, 0.1) is 6.92 Å². The normalized spacial score (nSPS) is 12.0. The van der Waals surface area contributed by atoms with Gasteiger partial charge in [0.05, 0.1) is 22.5 Å². The molecule has 1 amide bonds. The molecule has 0 radical (unpaired) electrons. The molecule has 0 spiro atoms. The van der Waals surface area contributed by atoms with Crippen molar-refractivity contribution >= 4 is 46.0 Å². The number of aromatic nitrogens is 3. The topological polar surface area (TPSA) is 90.9 Å². The highest BCUT2D eigenvalue weighted by Crippen LogP contribution is 2.41. The first-order valence-corrected chi connectivity index (χ1v) is 8.31. The van der Waals surface area contributed by atoms with Gasteiger partial charge in [-0.3, -0.25) is 10.1 Å². The summed E-state index contributed by atoms with van der Waals surface area (Å²) in [5, 5.41) is 12.6. The van der Waals surface area contributed by atoms with Gasteiger partial charge in [-0.05, 0) is 19.1 Å². The second-order valence-electron chi connectivity index (χ2n) is 5.57. The number of H-pyrrole nitrogens is 1. The first kappa shape index (κ1) is 19.2. The van der Waals surface area contributed by atoms with E-state index in [1.54, 1.807) is 6.92 Å². The van der Waals surface area contributed by atoms with Gasteiger partial charge in [-0.2, -0.15) is 13.2 Å². The second-order valence-corrected chi connectivity index (χ2v) is 6.66. The fraction of sp³-hybridized carbons (Fsp3) is 0.188. The van der Waals surface area contributed by atoms with Crippen LogP contribution >= 0.6 is 23.2 Å². The number of para-hydroxylation sites is 1. The zero-order chi connectivity index (χ0) is 19.9. The molecule has 0 fully saturated rings. The van der Waals surface area contributed by atoms with Crippen LogP contribution in [-0.4, -0.2) is 26.0 Å². The van der Waals surface area contributed by atoms with E-state index in [2.05, 4.69) is 20.3 Å². The number of nitrogens with one attached hydrogen (secondary N) is 2. The van der Waals surface area contributed by atoms with Gasteiger partial charge in [0.2, 0.25) is 5.95 Å². The van der Waals surface area contributed by atoms with Crippen molar-refractivity contribution in [1.82, 2.24) is 15.0 Å². The first-order chi connectivity index (χ1) is 12.6. The Bertz CT molecular complexity index is 1030. The number of hydrogen-bond acceptors (Lipinski definition) is 4. The number of alkyl halides is 5. The Morgan fingerprint density at radius 3 is 2.56 bits per heavy atom. The van der Waals surface area contributed by atoms with Crippen LogP contribution in [0.2, 0.25) is 0 Å². The number of anilines is 1. The predicted octanol–water partition coefficient (Wildman–Crippen LogP) is 4.72. The van der Waals surface area contributed by atoms with Gasteiger partial charge in [-0.15, -0.1) is 0 Å². The smallest absolute Gasteiger partial charge is 0.418 e. The maximum Gasteiger partial charge on any atom is 0.418 e. The Hall–Kier alpha value is -2.52. The number of hydrogen-bond donors (Lipinski definition) is 3. The highest BCUT2D eigenvalue weighted by Gasteiger charge is 2.35. The van der Waals surface area contributed by atoms with Crippen LogP contribution < -0.4 is 5.32 Å². The monoisotopic (exact) mass is 418 g/mol. The van der Waals surface area contributed by atoms with E-state index in [1.165, 1.54) is 12.3 Å². The molecule has 0 aliphatic heterocycles. The SMILES string of the molecule is Cc1c[nH]c(NC(=O)c2c(C(Cl)Cl)nc3c(C(F)(F)F)cccc3c2O)n1. The average molecular weight is 419 g/mol. The van der Waals surface area contributed by atoms with Gasteiger partial charge in [0, 0.05) is 11.6 Å². The van der Waals surface area contributed by atoms with Gasteiger partial charge in [0.25, 0.3) is 5.91 Å². The molecule has 0 aliphatic rings. The minimum Gasteiger partial charge on any atom is -0.506 e. The van der Waals surface area contributed by atoms with E-state index in [4.69, 9.17) is 23.2 Å². The van der Waals surface area contributed by atoms with Crippen LogP contribution in [0.5, 0.6) is 5.75 Å². The zero-order valence-electron chi connectivity index (χ0n) is 13.5. The summed E-state index contributed by atoms with van der Waals surface area (Å²) in [5.74, 6) is -1.52. The largest absolute Gasteiger partial charge is 0.506 e. The number of aromatic amines is 1. The Morgan fingerprint density at radius 2 is 2.00 bits per heavy atom. The van der Waals surface area contributed by atoms with Crippen molar-refractivity contribution in [2.75, 3.05) is 5.32 Å². The van der Waals surface area contributed by atoms with E-state index in [0.717, 1.165) is 12.1 Å². The Kier molecular flexibility index (Phi) is 4.92. The third-order valence-electron chi connectivity index (χ3n) is 3.69. The number of rotatable bonds is 3. The summed E-state index contributed by atoms with van der Waals surface area (Å²) in [6, 6.07) is 3.12. The van der Waals surface area contributed by atoms with E-state index in [0.29, 0.717) is 5.69 Å². The molecule has 1 aromatic carbocycles. The Labute approximate surface area is 160 Å². The minimum absolute atomic E-state index is 0.0766. The molecule has 0 aliphatic carbocycles. The maximum absolute atomic E-state index is 13.3.